The lowest BCUT2D eigenvalue weighted by Gasteiger charge is -2.24. The van der Waals surface area contributed by atoms with Crippen LogP contribution in [0.5, 0.6) is 5.75 Å². The predicted octanol–water partition coefficient (Wildman–Crippen LogP) is 2.31. The van der Waals surface area contributed by atoms with Crippen molar-refractivity contribution < 1.29 is 14.3 Å². The number of rotatable bonds is 2. The van der Waals surface area contributed by atoms with Crippen LogP contribution in [-0.2, 0) is 4.74 Å². The highest BCUT2D eigenvalue weighted by Gasteiger charge is 2.21. The molecule has 1 rings (SSSR count). The molecule has 0 heterocycles. The van der Waals surface area contributed by atoms with Crippen molar-refractivity contribution in [1.82, 2.24) is 0 Å². The number of carbonyl (C=O) groups excluding carboxylic acids is 1. The van der Waals surface area contributed by atoms with Gasteiger partial charge >= 0.3 is 6.09 Å². The quantitative estimate of drug-likeness (QED) is 0.488. The van der Waals surface area contributed by atoms with Crippen LogP contribution >= 0.6 is 0 Å². The molecule has 5 nitrogen and oxygen atoms in total. The summed E-state index contributed by atoms with van der Waals surface area (Å²) in [4.78, 5) is 11.7. The lowest BCUT2D eigenvalue weighted by Crippen LogP contribution is -2.41. The minimum atomic E-state index is -0.595. The van der Waals surface area contributed by atoms with Crippen LogP contribution in [0.3, 0.4) is 0 Å². The first-order chi connectivity index (χ1) is 7.83. The van der Waals surface area contributed by atoms with Gasteiger partial charge in [-0.15, -0.1) is 0 Å². The van der Waals surface area contributed by atoms with E-state index < -0.39 is 11.7 Å². The summed E-state index contributed by atoms with van der Waals surface area (Å²) in [5.74, 6) is 6.36. The van der Waals surface area contributed by atoms with Gasteiger partial charge in [0.1, 0.15) is 11.4 Å². The van der Waals surface area contributed by atoms with Crippen molar-refractivity contribution in [3.8, 4) is 5.75 Å². The second-order valence-electron chi connectivity index (χ2n) is 4.55. The van der Waals surface area contributed by atoms with E-state index in [2.05, 4.69) is 0 Å². The third kappa shape index (κ3) is 3.96. The minimum absolute atomic E-state index is 0.542. The molecular weight excluding hydrogens is 220 g/mol. The first-order valence-electron chi connectivity index (χ1n) is 5.25. The molecular formula is C12H18N2O3. The summed E-state index contributed by atoms with van der Waals surface area (Å²) >= 11 is 0. The molecule has 0 aliphatic heterocycles. The van der Waals surface area contributed by atoms with Gasteiger partial charge in [0, 0.05) is 0 Å². The summed E-state index contributed by atoms with van der Waals surface area (Å²) in [6.45, 7) is 5.35. The number of benzene rings is 1. The van der Waals surface area contributed by atoms with E-state index in [1.165, 1.54) is 0 Å². The fourth-order valence-corrected chi connectivity index (χ4v) is 1.16. The molecule has 1 amide bonds. The third-order valence-corrected chi connectivity index (χ3v) is 1.94. The monoisotopic (exact) mass is 238 g/mol. The molecule has 0 aliphatic rings. The summed E-state index contributed by atoms with van der Waals surface area (Å²) < 4.78 is 10.2. The van der Waals surface area contributed by atoms with Crippen molar-refractivity contribution in [1.29, 1.82) is 0 Å². The molecule has 0 saturated carbocycles. The summed E-state index contributed by atoms with van der Waals surface area (Å²) in [5, 5.41) is 0.963. The van der Waals surface area contributed by atoms with Crippen molar-refractivity contribution in [3.05, 3.63) is 24.3 Å². The van der Waals surface area contributed by atoms with E-state index in [0.717, 1.165) is 5.01 Å². The highest BCUT2D eigenvalue weighted by molar-refractivity contribution is 5.86. The van der Waals surface area contributed by atoms with Crippen LogP contribution < -0.4 is 15.6 Å². The van der Waals surface area contributed by atoms with Gasteiger partial charge in [0.05, 0.1) is 12.8 Å². The zero-order chi connectivity index (χ0) is 13.1. The number of nitrogens with two attached hydrogens (primary N) is 1. The maximum absolute atomic E-state index is 11.7. The van der Waals surface area contributed by atoms with Gasteiger partial charge < -0.3 is 9.47 Å². The zero-order valence-electron chi connectivity index (χ0n) is 10.6. The van der Waals surface area contributed by atoms with E-state index >= 15 is 0 Å². The van der Waals surface area contributed by atoms with Crippen LogP contribution in [0.25, 0.3) is 0 Å². The Morgan fingerprint density at radius 2 is 1.76 bits per heavy atom. The van der Waals surface area contributed by atoms with Gasteiger partial charge in [-0.25, -0.2) is 15.6 Å². The summed E-state index contributed by atoms with van der Waals surface area (Å²) in [5.41, 5.74) is -0.0266. The van der Waals surface area contributed by atoms with Crippen molar-refractivity contribution in [2.24, 2.45) is 5.84 Å². The van der Waals surface area contributed by atoms with Crippen molar-refractivity contribution in [2.75, 3.05) is 12.1 Å². The molecule has 0 bridgehead atoms. The van der Waals surface area contributed by atoms with Crippen molar-refractivity contribution in [2.45, 2.75) is 26.4 Å². The minimum Gasteiger partial charge on any atom is -0.497 e. The number of amides is 1. The van der Waals surface area contributed by atoms with E-state index in [1.807, 2.05) is 0 Å². The molecule has 0 saturated heterocycles. The molecule has 0 aromatic heterocycles. The van der Waals surface area contributed by atoms with Crippen molar-refractivity contribution in [3.63, 3.8) is 0 Å². The average molecular weight is 238 g/mol. The Hall–Kier alpha value is -1.75. The van der Waals surface area contributed by atoms with E-state index in [9.17, 15) is 4.79 Å². The lowest BCUT2D eigenvalue weighted by atomic mass is 10.2. The Morgan fingerprint density at radius 3 is 2.18 bits per heavy atom. The molecule has 1 aromatic rings. The molecule has 0 fully saturated rings. The number of ether oxygens (including phenoxy) is 2. The molecule has 0 spiro atoms. The molecule has 0 aliphatic carbocycles. The van der Waals surface area contributed by atoms with Gasteiger partial charge in [-0.3, -0.25) is 0 Å². The number of hydrogen-bond donors (Lipinski definition) is 1. The number of carbonyl (C=O) groups is 1. The molecule has 1 aromatic carbocycles. The smallest absolute Gasteiger partial charge is 0.429 e. The van der Waals surface area contributed by atoms with Gasteiger partial charge in [0.2, 0.25) is 0 Å². The summed E-state index contributed by atoms with van der Waals surface area (Å²) in [6, 6.07) is 6.81. The second-order valence-corrected chi connectivity index (χ2v) is 4.55. The Bertz CT molecular complexity index is 382. The Kier molecular flexibility index (Phi) is 3.96. The van der Waals surface area contributed by atoms with Gasteiger partial charge in [0.25, 0.3) is 0 Å². The molecule has 0 unspecified atom stereocenters. The Labute approximate surface area is 101 Å². The first-order valence-corrected chi connectivity index (χ1v) is 5.25. The van der Waals surface area contributed by atoms with Crippen molar-refractivity contribution >= 4 is 11.8 Å². The van der Waals surface area contributed by atoms with Crippen LogP contribution in [-0.4, -0.2) is 18.8 Å². The molecule has 94 valence electrons. The number of nitrogens with zero attached hydrogens (tertiary/aromatic N) is 1. The molecule has 0 atom stereocenters. The second kappa shape index (κ2) is 5.05. The normalized spacial score (nSPS) is 10.9. The van der Waals surface area contributed by atoms with Gasteiger partial charge in [0.15, 0.2) is 0 Å². The Balaban J connectivity index is 2.74. The van der Waals surface area contributed by atoms with E-state index in [0.29, 0.717) is 11.4 Å². The number of hydrogen-bond acceptors (Lipinski definition) is 4. The predicted molar refractivity (Wildman–Crippen MR) is 65.9 cm³/mol. The topological polar surface area (TPSA) is 64.8 Å². The maximum atomic E-state index is 11.7. The standard InChI is InChI=1S/C12H18N2O3/c1-12(2,3)17-11(15)14(13)9-5-7-10(16-4)8-6-9/h5-8H,13H2,1-4H3. The summed E-state index contributed by atoms with van der Waals surface area (Å²) in [7, 11) is 1.57. The SMILES string of the molecule is COc1ccc(N(N)C(=O)OC(C)(C)C)cc1. The van der Waals surface area contributed by atoms with Crippen LogP contribution in [0.4, 0.5) is 10.5 Å². The molecule has 5 heteroatoms. The van der Waals surface area contributed by atoms with E-state index in [1.54, 1.807) is 52.1 Å². The molecule has 17 heavy (non-hydrogen) atoms. The van der Waals surface area contributed by atoms with E-state index in [-0.39, 0.29) is 0 Å². The highest BCUT2D eigenvalue weighted by atomic mass is 16.6. The van der Waals surface area contributed by atoms with Gasteiger partial charge in [-0.2, -0.15) is 0 Å². The third-order valence-electron chi connectivity index (χ3n) is 1.94. The fourth-order valence-electron chi connectivity index (χ4n) is 1.16. The van der Waals surface area contributed by atoms with Gasteiger partial charge in [-0.1, -0.05) is 0 Å². The molecule has 2 N–H and O–H groups in total. The number of hydrazine groups is 1. The van der Waals surface area contributed by atoms with Crippen LogP contribution in [0.15, 0.2) is 24.3 Å². The first kappa shape index (κ1) is 13.3. The fraction of sp³-hybridized carbons (Fsp3) is 0.417. The number of methoxy groups -OCH3 is 1. The maximum Gasteiger partial charge on any atom is 0.429 e. The van der Waals surface area contributed by atoms with Gasteiger partial charge in [-0.05, 0) is 45.0 Å². The number of anilines is 1. The van der Waals surface area contributed by atoms with Crippen LogP contribution in [0, 0.1) is 0 Å². The Morgan fingerprint density at radius 1 is 1.24 bits per heavy atom. The summed E-state index contributed by atoms with van der Waals surface area (Å²) in [6.07, 6.45) is -0.595. The lowest BCUT2D eigenvalue weighted by molar-refractivity contribution is 0.0580. The zero-order valence-corrected chi connectivity index (χ0v) is 10.6. The highest BCUT2D eigenvalue weighted by Crippen LogP contribution is 2.19. The van der Waals surface area contributed by atoms with E-state index in [4.69, 9.17) is 15.3 Å². The average Bonchev–Trinajstić information content (AvgIpc) is 2.26. The van der Waals surface area contributed by atoms with Crippen LogP contribution in [0.1, 0.15) is 20.8 Å². The largest absolute Gasteiger partial charge is 0.497 e. The van der Waals surface area contributed by atoms with Crippen LogP contribution in [0.2, 0.25) is 0 Å². The molecule has 0 radical (unpaired) electrons.